The summed E-state index contributed by atoms with van der Waals surface area (Å²) in [7, 11) is 0. The molecule has 5 nitrogen and oxygen atoms in total. The van der Waals surface area contributed by atoms with Crippen LogP contribution in [0.15, 0.2) is 0 Å². The third kappa shape index (κ3) is 2.70. The van der Waals surface area contributed by atoms with Crippen LogP contribution in [0.2, 0.25) is 0 Å². The van der Waals surface area contributed by atoms with Gasteiger partial charge in [-0.3, -0.25) is 9.59 Å². The van der Waals surface area contributed by atoms with E-state index in [1.165, 1.54) is 4.90 Å². The van der Waals surface area contributed by atoms with Crippen LogP contribution < -0.4 is 5.73 Å². The van der Waals surface area contributed by atoms with Crippen LogP contribution >= 0.6 is 0 Å². The van der Waals surface area contributed by atoms with Gasteiger partial charge in [0.2, 0.25) is 5.91 Å². The van der Waals surface area contributed by atoms with Crippen LogP contribution in [0.3, 0.4) is 0 Å². The van der Waals surface area contributed by atoms with Crippen LogP contribution in [0, 0.1) is 0 Å². The van der Waals surface area contributed by atoms with Crippen molar-refractivity contribution in [2.24, 2.45) is 5.73 Å². The normalized spacial score (nSPS) is 17.6. The maximum absolute atomic E-state index is 11.6. The molecule has 0 aromatic rings. The summed E-state index contributed by atoms with van der Waals surface area (Å²) in [5.74, 6) is -1.22. The molecule has 0 spiro atoms. The molecule has 0 radical (unpaired) electrons. The monoisotopic (exact) mass is 200 g/mol. The Morgan fingerprint density at radius 3 is 2.50 bits per heavy atom. The van der Waals surface area contributed by atoms with Crippen molar-refractivity contribution in [3.8, 4) is 0 Å². The van der Waals surface area contributed by atoms with Crippen molar-refractivity contribution in [2.75, 3.05) is 6.54 Å². The number of carbonyl (C=O) groups is 2. The SMILES string of the molecule is CCC(N)C(=O)N(CC(=O)O)C1CC1. The average Bonchev–Trinajstić information content (AvgIpc) is 2.94. The van der Waals surface area contributed by atoms with E-state index in [1.807, 2.05) is 6.92 Å². The first kappa shape index (κ1) is 11.0. The summed E-state index contributed by atoms with van der Waals surface area (Å²) in [5.41, 5.74) is 5.57. The number of carbonyl (C=O) groups excluding carboxylic acids is 1. The molecule has 0 heterocycles. The van der Waals surface area contributed by atoms with Crippen molar-refractivity contribution in [1.29, 1.82) is 0 Å². The minimum absolute atomic E-state index is 0.108. The number of carboxylic acid groups (broad SMARTS) is 1. The van der Waals surface area contributed by atoms with Crippen LogP contribution in [0.25, 0.3) is 0 Å². The molecule has 80 valence electrons. The topological polar surface area (TPSA) is 83.6 Å². The summed E-state index contributed by atoms with van der Waals surface area (Å²) >= 11 is 0. The maximum atomic E-state index is 11.6. The van der Waals surface area contributed by atoms with Crippen LogP contribution in [0.4, 0.5) is 0 Å². The van der Waals surface area contributed by atoms with Gasteiger partial charge in [0.25, 0.3) is 0 Å². The summed E-state index contributed by atoms with van der Waals surface area (Å²) < 4.78 is 0. The molecule has 0 aromatic heterocycles. The van der Waals surface area contributed by atoms with E-state index in [-0.39, 0.29) is 18.5 Å². The van der Waals surface area contributed by atoms with Crippen molar-refractivity contribution in [1.82, 2.24) is 4.90 Å². The Morgan fingerprint density at radius 2 is 2.14 bits per heavy atom. The first-order chi connectivity index (χ1) is 6.56. The number of hydrogen-bond donors (Lipinski definition) is 2. The summed E-state index contributed by atoms with van der Waals surface area (Å²) in [4.78, 5) is 23.5. The van der Waals surface area contributed by atoms with E-state index in [1.54, 1.807) is 0 Å². The smallest absolute Gasteiger partial charge is 0.323 e. The van der Waals surface area contributed by atoms with Crippen LogP contribution in [0.5, 0.6) is 0 Å². The molecule has 1 amide bonds. The van der Waals surface area contributed by atoms with Crippen LogP contribution in [0.1, 0.15) is 26.2 Å². The minimum atomic E-state index is -0.978. The van der Waals surface area contributed by atoms with E-state index in [2.05, 4.69) is 0 Å². The van der Waals surface area contributed by atoms with Gasteiger partial charge >= 0.3 is 5.97 Å². The fraction of sp³-hybridized carbons (Fsp3) is 0.778. The maximum Gasteiger partial charge on any atom is 0.323 e. The highest BCUT2D eigenvalue weighted by Gasteiger charge is 2.35. The Morgan fingerprint density at radius 1 is 1.57 bits per heavy atom. The number of amides is 1. The van der Waals surface area contributed by atoms with Gasteiger partial charge in [-0.2, -0.15) is 0 Å². The molecular weight excluding hydrogens is 184 g/mol. The first-order valence-corrected chi connectivity index (χ1v) is 4.84. The van der Waals surface area contributed by atoms with Gasteiger partial charge in [-0.05, 0) is 19.3 Å². The Balaban J connectivity index is 2.57. The fourth-order valence-corrected chi connectivity index (χ4v) is 1.31. The molecule has 14 heavy (non-hydrogen) atoms. The molecule has 3 N–H and O–H groups in total. The highest BCUT2D eigenvalue weighted by Crippen LogP contribution is 2.27. The van der Waals surface area contributed by atoms with Gasteiger partial charge in [0.1, 0.15) is 6.54 Å². The lowest BCUT2D eigenvalue weighted by Crippen LogP contribution is -2.46. The molecule has 0 bridgehead atoms. The molecule has 1 aliphatic rings. The summed E-state index contributed by atoms with van der Waals surface area (Å²) in [6.07, 6.45) is 2.34. The second-order valence-corrected chi connectivity index (χ2v) is 3.61. The predicted molar refractivity (Wildman–Crippen MR) is 50.6 cm³/mol. The first-order valence-electron chi connectivity index (χ1n) is 4.84. The number of carboxylic acids is 1. The number of hydrogen-bond acceptors (Lipinski definition) is 3. The second-order valence-electron chi connectivity index (χ2n) is 3.61. The molecule has 0 saturated heterocycles. The number of rotatable bonds is 5. The zero-order chi connectivity index (χ0) is 10.7. The van der Waals surface area contributed by atoms with Gasteiger partial charge in [-0.25, -0.2) is 0 Å². The number of nitrogens with zero attached hydrogens (tertiary/aromatic N) is 1. The summed E-state index contributed by atoms with van der Waals surface area (Å²) in [5, 5.41) is 8.63. The van der Waals surface area contributed by atoms with Gasteiger partial charge in [-0.1, -0.05) is 6.92 Å². The Bertz CT molecular complexity index is 238. The van der Waals surface area contributed by atoms with Crippen LogP contribution in [-0.2, 0) is 9.59 Å². The summed E-state index contributed by atoms with van der Waals surface area (Å²) in [6, 6.07) is -0.453. The van der Waals surface area contributed by atoms with Gasteiger partial charge in [-0.15, -0.1) is 0 Å². The zero-order valence-electron chi connectivity index (χ0n) is 8.27. The van der Waals surface area contributed by atoms with Crippen LogP contribution in [-0.4, -0.2) is 40.5 Å². The average molecular weight is 200 g/mol. The van der Waals surface area contributed by atoms with Crippen molar-refractivity contribution in [3.63, 3.8) is 0 Å². The van der Waals surface area contributed by atoms with Crippen molar-refractivity contribution in [3.05, 3.63) is 0 Å². The quantitative estimate of drug-likeness (QED) is 0.643. The van der Waals surface area contributed by atoms with Gasteiger partial charge in [0.15, 0.2) is 0 Å². The highest BCUT2D eigenvalue weighted by atomic mass is 16.4. The fourth-order valence-electron chi connectivity index (χ4n) is 1.31. The van der Waals surface area contributed by atoms with E-state index in [4.69, 9.17) is 10.8 Å². The molecule has 1 unspecified atom stereocenters. The molecular formula is C9H16N2O3. The Kier molecular flexibility index (Phi) is 3.46. The molecule has 1 aliphatic carbocycles. The Hall–Kier alpha value is -1.10. The van der Waals surface area contributed by atoms with E-state index in [0.29, 0.717) is 6.42 Å². The molecule has 0 aromatic carbocycles. The standard InChI is InChI=1S/C9H16N2O3/c1-2-7(10)9(14)11(5-8(12)13)6-3-4-6/h6-7H,2-5,10H2,1H3,(H,12,13). The molecule has 1 saturated carbocycles. The summed E-state index contributed by atoms with van der Waals surface area (Å²) in [6.45, 7) is 1.59. The predicted octanol–water partition coefficient (Wildman–Crippen LogP) is -0.201. The lowest BCUT2D eigenvalue weighted by Gasteiger charge is -2.23. The van der Waals surface area contributed by atoms with Crippen molar-refractivity contribution in [2.45, 2.75) is 38.3 Å². The van der Waals surface area contributed by atoms with E-state index >= 15 is 0 Å². The lowest BCUT2D eigenvalue weighted by atomic mass is 10.2. The lowest BCUT2D eigenvalue weighted by molar-refractivity contribution is -0.145. The Labute approximate surface area is 82.9 Å². The number of aliphatic carboxylic acids is 1. The van der Waals surface area contributed by atoms with E-state index < -0.39 is 12.0 Å². The molecule has 1 rings (SSSR count). The van der Waals surface area contributed by atoms with Gasteiger partial charge in [0.05, 0.1) is 6.04 Å². The van der Waals surface area contributed by atoms with Crippen molar-refractivity contribution < 1.29 is 14.7 Å². The van der Waals surface area contributed by atoms with Gasteiger partial charge < -0.3 is 15.7 Å². The highest BCUT2D eigenvalue weighted by molar-refractivity contribution is 5.85. The minimum Gasteiger partial charge on any atom is -0.480 e. The molecule has 1 fully saturated rings. The van der Waals surface area contributed by atoms with E-state index in [9.17, 15) is 9.59 Å². The molecule has 5 heteroatoms. The van der Waals surface area contributed by atoms with E-state index in [0.717, 1.165) is 12.8 Å². The third-order valence-electron chi connectivity index (χ3n) is 2.33. The third-order valence-corrected chi connectivity index (χ3v) is 2.33. The largest absolute Gasteiger partial charge is 0.480 e. The van der Waals surface area contributed by atoms with Gasteiger partial charge in [0, 0.05) is 6.04 Å². The molecule has 1 atom stereocenters. The number of nitrogens with two attached hydrogens (primary N) is 1. The zero-order valence-corrected chi connectivity index (χ0v) is 8.27. The second kappa shape index (κ2) is 4.41. The molecule has 0 aliphatic heterocycles. The van der Waals surface area contributed by atoms with Crippen molar-refractivity contribution >= 4 is 11.9 Å².